The summed E-state index contributed by atoms with van der Waals surface area (Å²) in [5.41, 5.74) is 2.03. The van der Waals surface area contributed by atoms with Gasteiger partial charge in [0.2, 0.25) is 0 Å². The van der Waals surface area contributed by atoms with E-state index in [1.807, 2.05) is 6.92 Å². The molecule has 0 heterocycles. The average molecular weight is 331 g/mol. The van der Waals surface area contributed by atoms with Crippen molar-refractivity contribution in [1.82, 2.24) is 5.32 Å². The van der Waals surface area contributed by atoms with Crippen molar-refractivity contribution in [2.24, 2.45) is 0 Å². The topological polar surface area (TPSA) is 88.0 Å². The molecule has 2 rings (SSSR count). The lowest BCUT2D eigenvalue weighted by molar-refractivity contribution is 0.0948. The number of rotatable bonds is 6. The Morgan fingerprint density at radius 2 is 1.67 bits per heavy atom. The van der Waals surface area contributed by atoms with Gasteiger partial charge in [0.1, 0.15) is 17.1 Å². The minimum atomic E-state index is -0.301. The van der Waals surface area contributed by atoms with E-state index in [1.165, 1.54) is 26.4 Å². The standard InChI is InChI=1S/C18H21NO5/c1-11-9-13(20)14(21)10-12(11)7-8-19-18(22)17-15(23-2)5-4-6-16(17)24-3/h4-6,9-10,20-21H,7-8H2,1-3H3,(H,19,22). The highest BCUT2D eigenvalue weighted by Gasteiger charge is 2.17. The first-order valence-electron chi connectivity index (χ1n) is 7.48. The number of carbonyl (C=O) groups excluding carboxylic acids is 1. The van der Waals surface area contributed by atoms with Gasteiger partial charge in [0, 0.05) is 6.54 Å². The molecule has 1 amide bonds. The normalized spacial score (nSPS) is 10.3. The number of hydrogen-bond donors (Lipinski definition) is 3. The van der Waals surface area contributed by atoms with Gasteiger partial charge in [0.25, 0.3) is 5.91 Å². The third-order valence-corrected chi connectivity index (χ3v) is 3.77. The second-order valence-electron chi connectivity index (χ2n) is 5.31. The van der Waals surface area contributed by atoms with Gasteiger partial charge in [-0.1, -0.05) is 6.07 Å². The number of phenolic OH excluding ortho intramolecular Hbond substituents is 2. The SMILES string of the molecule is COc1cccc(OC)c1C(=O)NCCc1cc(O)c(O)cc1C. The summed E-state index contributed by atoms with van der Waals surface area (Å²) in [6, 6.07) is 8.13. The van der Waals surface area contributed by atoms with Crippen molar-refractivity contribution in [3.8, 4) is 23.0 Å². The number of hydrogen-bond acceptors (Lipinski definition) is 5. The third-order valence-electron chi connectivity index (χ3n) is 3.77. The lowest BCUT2D eigenvalue weighted by atomic mass is 10.0. The number of carbonyl (C=O) groups is 1. The molecule has 0 fully saturated rings. The van der Waals surface area contributed by atoms with Gasteiger partial charge in [-0.25, -0.2) is 0 Å². The molecule has 0 aromatic heterocycles. The predicted octanol–water partition coefficient (Wildman–Crippen LogP) is 2.40. The maximum atomic E-state index is 12.4. The van der Waals surface area contributed by atoms with E-state index in [-0.39, 0.29) is 17.4 Å². The van der Waals surface area contributed by atoms with Gasteiger partial charge in [-0.15, -0.1) is 0 Å². The Hall–Kier alpha value is -2.89. The molecule has 2 aromatic rings. The Kier molecular flexibility index (Phi) is 5.52. The van der Waals surface area contributed by atoms with E-state index in [0.29, 0.717) is 30.0 Å². The summed E-state index contributed by atoms with van der Waals surface area (Å²) >= 11 is 0. The van der Waals surface area contributed by atoms with Gasteiger partial charge in [-0.3, -0.25) is 4.79 Å². The molecule has 0 aliphatic rings. The van der Waals surface area contributed by atoms with Crippen LogP contribution >= 0.6 is 0 Å². The molecule has 3 N–H and O–H groups in total. The molecule has 6 heteroatoms. The zero-order valence-electron chi connectivity index (χ0n) is 13.9. The number of methoxy groups -OCH3 is 2. The van der Waals surface area contributed by atoms with Crippen molar-refractivity contribution in [2.45, 2.75) is 13.3 Å². The van der Waals surface area contributed by atoms with E-state index in [1.54, 1.807) is 18.2 Å². The van der Waals surface area contributed by atoms with E-state index in [4.69, 9.17) is 9.47 Å². The Morgan fingerprint density at radius 1 is 1.08 bits per heavy atom. The maximum absolute atomic E-state index is 12.4. The minimum absolute atomic E-state index is 0.154. The fraction of sp³-hybridized carbons (Fsp3) is 0.278. The summed E-state index contributed by atoms with van der Waals surface area (Å²) in [6.45, 7) is 2.20. The molecule has 128 valence electrons. The van der Waals surface area contributed by atoms with E-state index >= 15 is 0 Å². The lowest BCUT2D eigenvalue weighted by Crippen LogP contribution is -2.26. The summed E-state index contributed by atoms with van der Waals surface area (Å²) in [4.78, 5) is 12.4. The van der Waals surface area contributed by atoms with Gasteiger partial charge in [-0.2, -0.15) is 0 Å². The Balaban J connectivity index is 2.08. The van der Waals surface area contributed by atoms with Crippen molar-refractivity contribution >= 4 is 5.91 Å². The molecule has 0 saturated carbocycles. The number of ether oxygens (including phenoxy) is 2. The summed E-state index contributed by atoms with van der Waals surface area (Å²) in [5.74, 6) is 0.243. The molecular formula is C18H21NO5. The van der Waals surface area contributed by atoms with Crippen molar-refractivity contribution in [2.75, 3.05) is 20.8 Å². The van der Waals surface area contributed by atoms with Crippen LogP contribution in [0.25, 0.3) is 0 Å². The predicted molar refractivity (Wildman–Crippen MR) is 90.1 cm³/mol. The number of aryl methyl sites for hydroxylation is 1. The zero-order valence-corrected chi connectivity index (χ0v) is 13.9. The van der Waals surface area contributed by atoms with Gasteiger partial charge >= 0.3 is 0 Å². The first kappa shape index (κ1) is 17.5. The van der Waals surface area contributed by atoms with Crippen molar-refractivity contribution in [3.63, 3.8) is 0 Å². The Bertz CT molecular complexity index is 720. The van der Waals surface area contributed by atoms with Crippen LogP contribution in [0.2, 0.25) is 0 Å². The van der Waals surface area contributed by atoms with Crippen molar-refractivity contribution < 1.29 is 24.5 Å². The van der Waals surface area contributed by atoms with Gasteiger partial charge in [0.05, 0.1) is 14.2 Å². The van der Waals surface area contributed by atoms with Crippen LogP contribution in [-0.4, -0.2) is 36.9 Å². The molecule has 0 unspecified atom stereocenters. The molecule has 0 spiro atoms. The second-order valence-corrected chi connectivity index (χ2v) is 5.31. The van der Waals surface area contributed by atoms with E-state index in [2.05, 4.69) is 5.32 Å². The van der Waals surface area contributed by atoms with E-state index in [9.17, 15) is 15.0 Å². The number of aromatic hydroxyl groups is 2. The number of phenols is 2. The molecule has 0 atom stereocenters. The number of nitrogens with one attached hydrogen (secondary N) is 1. The fourth-order valence-corrected chi connectivity index (χ4v) is 2.47. The van der Waals surface area contributed by atoms with Gasteiger partial charge in [0.15, 0.2) is 11.5 Å². The summed E-state index contributed by atoms with van der Waals surface area (Å²) < 4.78 is 10.4. The van der Waals surface area contributed by atoms with Gasteiger partial charge in [-0.05, 0) is 48.7 Å². The minimum Gasteiger partial charge on any atom is -0.504 e. The fourth-order valence-electron chi connectivity index (χ4n) is 2.47. The monoisotopic (exact) mass is 331 g/mol. The van der Waals surface area contributed by atoms with Crippen LogP contribution in [0.5, 0.6) is 23.0 Å². The van der Waals surface area contributed by atoms with E-state index in [0.717, 1.165) is 11.1 Å². The molecule has 24 heavy (non-hydrogen) atoms. The molecule has 0 radical (unpaired) electrons. The molecule has 6 nitrogen and oxygen atoms in total. The first-order valence-corrected chi connectivity index (χ1v) is 7.48. The van der Waals surface area contributed by atoms with Crippen LogP contribution in [0, 0.1) is 6.92 Å². The van der Waals surface area contributed by atoms with Crippen LogP contribution in [0.1, 0.15) is 21.5 Å². The molecule has 0 aliphatic heterocycles. The van der Waals surface area contributed by atoms with Crippen LogP contribution in [0.3, 0.4) is 0 Å². The molecule has 0 saturated heterocycles. The molecular weight excluding hydrogens is 310 g/mol. The van der Waals surface area contributed by atoms with Crippen molar-refractivity contribution in [3.05, 3.63) is 47.0 Å². The van der Waals surface area contributed by atoms with Crippen LogP contribution < -0.4 is 14.8 Å². The average Bonchev–Trinajstić information content (AvgIpc) is 2.58. The van der Waals surface area contributed by atoms with Crippen molar-refractivity contribution in [1.29, 1.82) is 0 Å². The summed E-state index contributed by atoms with van der Waals surface area (Å²) in [6.07, 6.45) is 0.517. The highest BCUT2D eigenvalue weighted by Crippen LogP contribution is 2.29. The van der Waals surface area contributed by atoms with Crippen LogP contribution in [-0.2, 0) is 6.42 Å². The lowest BCUT2D eigenvalue weighted by Gasteiger charge is -2.13. The molecule has 0 bridgehead atoms. The first-order chi connectivity index (χ1) is 11.5. The highest BCUT2D eigenvalue weighted by atomic mass is 16.5. The summed E-state index contributed by atoms with van der Waals surface area (Å²) in [7, 11) is 2.99. The summed E-state index contributed by atoms with van der Waals surface area (Å²) in [5, 5.41) is 21.8. The van der Waals surface area contributed by atoms with Crippen LogP contribution in [0.4, 0.5) is 0 Å². The Morgan fingerprint density at radius 3 is 2.25 bits per heavy atom. The zero-order chi connectivity index (χ0) is 17.7. The second kappa shape index (κ2) is 7.59. The van der Waals surface area contributed by atoms with Crippen LogP contribution in [0.15, 0.2) is 30.3 Å². The Labute approximate surface area is 140 Å². The van der Waals surface area contributed by atoms with Gasteiger partial charge < -0.3 is 25.0 Å². The molecule has 2 aromatic carbocycles. The van der Waals surface area contributed by atoms with E-state index < -0.39 is 0 Å². The number of amides is 1. The third kappa shape index (κ3) is 3.71. The smallest absolute Gasteiger partial charge is 0.258 e. The quantitative estimate of drug-likeness (QED) is 0.708. The highest BCUT2D eigenvalue weighted by molar-refractivity contribution is 5.99. The molecule has 0 aliphatic carbocycles. The number of benzene rings is 2. The maximum Gasteiger partial charge on any atom is 0.258 e. The largest absolute Gasteiger partial charge is 0.504 e.